The summed E-state index contributed by atoms with van der Waals surface area (Å²) in [6.45, 7) is 2.67. The lowest BCUT2D eigenvalue weighted by Crippen LogP contribution is -2.19. The molecule has 0 bridgehead atoms. The van der Waals surface area contributed by atoms with E-state index in [0.29, 0.717) is 28.3 Å². The molecule has 1 fully saturated rings. The van der Waals surface area contributed by atoms with E-state index in [1.807, 2.05) is 6.92 Å². The largest absolute Gasteiger partial charge is 0.493 e. The molecule has 106 valence electrons. The summed E-state index contributed by atoms with van der Waals surface area (Å²) in [5.41, 5.74) is 0.754. The van der Waals surface area contributed by atoms with Crippen molar-refractivity contribution in [2.75, 3.05) is 12.4 Å². The molecule has 1 aliphatic rings. The molecule has 7 heteroatoms. The van der Waals surface area contributed by atoms with Crippen LogP contribution in [0.25, 0.3) is 0 Å². The monoisotopic (exact) mass is 311 g/mol. The molecule has 1 heterocycles. The van der Waals surface area contributed by atoms with E-state index in [1.54, 1.807) is 24.4 Å². The Morgan fingerprint density at radius 2 is 2.40 bits per heavy atom. The lowest BCUT2D eigenvalue weighted by molar-refractivity contribution is -0.116. The maximum Gasteiger partial charge on any atom is 0.236 e. The summed E-state index contributed by atoms with van der Waals surface area (Å²) < 4.78 is 5.61. The molecule has 0 spiro atoms. The first-order valence-corrected chi connectivity index (χ1v) is 7.51. The van der Waals surface area contributed by atoms with Crippen LogP contribution in [0.3, 0.4) is 0 Å². The highest BCUT2D eigenvalue weighted by Crippen LogP contribution is 2.21. The molecule has 0 atom stereocenters. The summed E-state index contributed by atoms with van der Waals surface area (Å²) in [7, 11) is 0. The second-order valence-corrected chi connectivity index (χ2v) is 5.42. The van der Waals surface area contributed by atoms with Crippen molar-refractivity contribution in [3.05, 3.63) is 28.8 Å². The molecule has 1 N–H and O–H groups in total. The highest BCUT2D eigenvalue weighted by atomic mass is 35.5. The molecule has 5 nitrogen and oxygen atoms in total. The second kappa shape index (κ2) is 7.31. The van der Waals surface area contributed by atoms with Gasteiger partial charge in [-0.2, -0.15) is 5.10 Å². The van der Waals surface area contributed by atoms with Gasteiger partial charge in [0, 0.05) is 10.6 Å². The van der Waals surface area contributed by atoms with Crippen molar-refractivity contribution in [2.45, 2.75) is 13.3 Å². The van der Waals surface area contributed by atoms with Crippen LogP contribution in [-0.2, 0) is 4.79 Å². The topological polar surface area (TPSA) is 63.1 Å². The third-order valence-corrected chi connectivity index (χ3v) is 3.46. The number of nitrogens with zero attached hydrogens (tertiary/aromatic N) is 2. The van der Waals surface area contributed by atoms with E-state index in [-0.39, 0.29) is 5.91 Å². The Morgan fingerprint density at radius 1 is 1.55 bits per heavy atom. The molecule has 0 radical (unpaired) electrons. The second-order valence-electron chi connectivity index (χ2n) is 4.02. The molecule has 0 saturated carbocycles. The van der Waals surface area contributed by atoms with Gasteiger partial charge in [0.05, 0.1) is 18.6 Å². The van der Waals surface area contributed by atoms with E-state index < -0.39 is 0 Å². The quantitative estimate of drug-likeness (QED) is 0.671. The van der Waals surface area contributed by atoms with Gasteiger partial charge in [-0.25, -0.2) is 0 Å². The zero-order chi connectivity index (χ0) is 14.4. The predicted molar refractivity (Wildman–Crippen MR) is 82.9 cm³/mol. The van der Waals surface area contributed by atoms with E-state index in [9.17, 15) is 4.79 Å². The van der Waals surface area contributed by atoms with Crippen molar-refractivity contribution in [3.63, 3.8) is 0 Å². The molecule has 1 aromatic rings. The summed E-state index contributed by atoms with van der Waals surface area (Å²) in [4.78, 5) is 11.0. The number of hydrogen-bond acceptors (Lipinski definition) is 5. The number of thioether (sulfide) groups is 1. The van der Waals surface area contributed by atoms with Crippen molar-refractivity contribution in [1.29, 1.82) is 0 Å². The van der Waals surface area contributed by atoms with Gasteiger partial charge < -0.3 is 10.1 Å². The van der Waals surface area contributed by atoms with Crippen molar-refractivity contribution in [3.8, 4) is 5.75 Å². The average Bonchev–Trinajstić information content (AvgIpc) is 2.84. The van der Waals surface area contributed by atoms with Crippen LogP contribution in [0.4, 0.5) is 0 Å². The lowest BCUT2D eigenvalue weighted by atomic mass is 10.2. The average molecular weight is 312 g/mol. The van der Waals surface area contributed by atoms with E-state index in [0.717, 1.165) is 12.0 Å². The van der Waals surface area contributed by atoms with Crippen LogP contribution in [0.5, 0.6) is 5.75 Å². The molecule has 1 saturated heterocycles. The minimum Gasteiger partial charge on any atom is -0.493 e. The zero-order valence-electron chi connectivity index (χ0n) is 10.9. The van der Waals surface area contributed by atoms with Crippen LogP contribution in [0, 0.1) is 0 Å². The molecule has 0 unspecified atom stereocenters. The number of nitrogens with one attached hydrogen (secondary N) is 1. The summed E-state index contributed by atoms with van der Waals surface area (Å²) in [6.07, 6.45) is 2.49. The Bertz CT molecular complexity index is 561. The van der Waals surface area contributed by atoms with Crippen LogP contribution in [-0.4, -0.2) is 29.6 Å². The van der Waals surface area contributed by atoms with Crippen molar-refractivity contribution in [1.82, 2.24) is 5.32 Å². The van der Waals surface area contributed by atoms with Crippen LogP contribution < -0.4 is 10.1 Å². The van der Waals surface area contributed by atoms with Gasteiger partial charge in [0.15, 0.2) is 5.17 Å². The molecular weight excluding hydrogens is 298 g/mol. The molecule has 1 aliphatic heterocycles. The number of ether oxygens (including phenoxy) is 1. The van der Waals surface area contributed by atoms with Gasteiger partial charge in [-0.15, -0.1) is 5.10 Å². The molecule has 20 heavy (non-hydrogen) atoms. The molecular formula is C13H14ClN3O2S. The highest BCUT2D eigenvalue weighted by Gasteiger charge is 2.15. The number of carbonyl (C=O) groups excluding carboxylic acids is 1. The van der Waals surface area contributed by atoms with Gasteiger partial charge in [-0.3, -0.25) is 4.79 Å². The standard InChI is InChI=1S/C13H14ClN3O2S/c1-2-5-19-11-4-3-10(14)6-9(11)7-15-17-13-16-12(18)8-20-13/h3-4,6-7H,2,5,8H2,1H3,(H,16,17,18). The third-order valence-electron chi connectivity index (χ3n) is 2.37. The first-order chi connectivity index (χ1) is 9.69. The Morgan fingerprint density at radius 3 is 3.10 bits per heavy atom. The Labute approximate surface area is 126 Å². The molecule has 1 amide bonds. The van der Waals surface area contributed by atoms with Gasteiger partial charge >= 0.3 is 0 Å². The van der Waals surface area contributed by atoms with Gasteiger partial charge in [0.25, 0.3) is 0 Å². The maximum atomic E-state index is 11.0. The highest BCUT2D eigenvalue weighted by molar-refractivity contribution is 8.15. The number of rotatable bonds is 5. The first kappa shape index (κ1) is 14.9. The summed E-state index contributed by atoms with van der Waals surface area (Å²) in [5.74, 6) is 1.04. The summed E-state index contributed by atoms with van der Waals surface area (Å²) >= 11 is 7.29. The molecule has 0 aliphatic carbocycles. The number of hydrogen-bond donors (Lipinski definition) is 1. The Balaban J connectivity index is 2.10. The minimum atomic E-state index is -0.0568. The van der Waals surface area contributed by atoms with Gasteiger partial charge in [0.2, 0.25) is 5.91 Å². The van der Waals surface area contributed by atoms with E-state index in [1.165, 1.54) is 11.8 Å². The van der Waals surface area contributed by atoms with Crippen LogP contribution >= 0.6 is 23.4 Å². The first-order valence-electron chi connectivity index (χ1n) is 6.15. The maximum absolute atomic E-state index is 11.0. The van der Waals surface area contributed by atoms with E-state index >= 15 is 0 Å². The predicted octanol–water partition coefficient (Wildman–Crippen LogP) is 2.68. The van der Waals surface area contributed by atoms with Gasteiger partial charge in [-0.05, 0) is 24.6 Å². The van der Waals surface area contributed by atoms with Crippen LogP contribution in [0.2, 0.25) is 5.02 Å². The lowest BCUT2D eigenvalue weighted by Gasteiger charge is -2.07. The molecule has 0 aromatic heterocycles. The third kappa shape index (κ3) is 4.25. The normalized spacial score (nSPS) is 16.9. The zero-order valence-corrected chi connectivity index (χ0v) is 12.5. The van der Waals surface area contributed by atoms with E-state index in [2.05, 4.69) is 15.5 Å². The van der Waals surface area contributed by atoms with Gasteiger partial charge in [0.1, 0.15) is 5.75 Å². The number of carbonyl (C=O) groups is 1. The molecule has 1 aromatic carbocycles. The number of amides is 1. The number of halogens is 1. The number of benzene rings is 1. The smallest absolute Gasteiger partial charge is 0.236 e. The van der Waals surface area contributed by atoms with Crippen molar-refractivity contribution >= 4 is 40.7 Å². The Hall–Kier alpha value is -1.53. The summed E-state index contributed by atoms with van der Waals surface area (Å²) in [6, 6.07) is 5.33. The van der Waals surface area contributed by atoms with Crippen molar-refractivity contribution in [2.24, 2.45) is 10.2 Å². The van der Waals surface area contributed by atoms with Crippen LogP contribution in [0.1, 0.15) is 18.9 Å². The fourth-order valence-corrected chi connectivity index (χ4v) is 2.30. The minimum absolute atomic E-state index is 0.0568. The molecule has 2 rings (SSSR count). The van der Waals surface area contributed by atoms with E-state index in [4.69, 9.17) is 16.3 Å². The fourth-order valence-electron chi connectivity index (χ4n) is 1.49. The Kier molecular flexibility index (Phi) is 5.43. The van der Waals surface area contributed by atoms with Gasteiger partial charge in [-0.1, -0.05) is 30.3 Å². The van der Waals surface area contributed by atoms with Crippen LogP contribution in [0.15, 0.2) is 28.4 Å². The van der Waals surface area contributed by atoms with Crippen molar-refractivity contribution < 1.29 is 9.53 Å². The SMILES string of the molecule is CCCOc1ccc(Cl)cc1C=NN=C1NC(=O)CS1. The fraction of sp³-hybridized carbons (Fsp3) is 0.308. The summed E-state index contributed by atoms with van der Waals surface area (Å²) in [5, 5.41) is 11.6. The number of amidine groups is 1.